The highest BCUT2D eigenvalue weighted by Crippen LogP contribution is 2.49. The summed E-state index contributed by atoms with van der Waals surface area (Å²) in [5.74, 6) is 0.674. The molecule has 3 aromatic heterocycles. The van der Waals surface area contributed by atoms with Gasteiger partial charge in [0, 0.05) is 47.3 Å². The monoisotopic (exact) mass is 653 g/mol. The van der Waals surface area contributed by atoms with Gasteiger partial charge in [-0.3, -0.25) is 4.57 Å². The molecule has 3 heterocycles. The van der Waals surface area contributed by atoms with Gasteiger partial charge in [0.25, 0.3) is 0 Å². The van der Waals surface area contributed by atoms with Crippen LogP contribution >= 0.6 is 11.3 Å². The van der Waals surface area contributed by atoms with E-state index in [0.29, 0.717) is 5.95 Å². The molecule has 0 aliphatic carbocycles. The SMILES string of the molecule is c1ccc(-c2ccc(-c3nc(-n4c5ccccc5c5c6sc7ccc8ccccc8c7c6c6ccccc6c54)nc4ccccc34)cc2)cc1. The van der Waals surface area contributed by atoms with Gasteiger partial charge in [0.2, 0.25) is 5.95 Å². The lowest BCUT2D eigenvalue weighted by Crippen LogP contribution is -2.03. The number of nitrogens with zero attached hydrogens (tertiary/aromatic N) is 3. The lowest BCUT2D eigenvalue weighted by molar-refractivity contribution is 1.02. The summed E-state index contributed by atoms with van der Waals surface area (Å²) in [5.41, 5.74) is 7.54. The normalized spacial score (nSPS) is 12.0. The van der Waals surface area contributed by atoms with E-state index >= 15 is 0 Å². The Labute approximate surface area is 291 Å². The minimum atomic E-state index is 0.674. The maximum Gasteiger partial charge on any atom is 0.235 e. The summed E-state index contributed by atoms with van der Waals surface area (Å²) in [6.07, 6.45) is 0. The molecule has 0 aliphatic heterocycles. The molecule has 8 aromatic carbocycles. The van der Waals surface area contributed by atoms with Crippen molar-refractivity contribution in [2.45, 2.75) is 0 Å². The number of aromatic nitrogens is 3. The highest BCUT2D eigenvalue weighted by molar-refractivity contribution is 7.27. The first kappa shape index (κ1) is 27.6. The molecule has 11 aromatic rings. The van der Waals surface area contributed by atoms with Crippen LogP contribution in [0.15, 0.2) is 164 Å². The average Bonchev–Trinajstić information content (AvgIpc) is 3.75. The van der Waals surface area contributed by atoms with Gasteiger partial charge in [0.1, 0.15) is 0 Å². The smallest absolute Gasteiger partial charge is 0.235 e. The molecule has 232 valence electrons. The number of rotatable bonds is 3. The Balaban J connectivity index is 1.26. The zero-order valence-electron chi connectivity index (χ0n) is 26.8. The highest BCUT2D eigenvalue weighted by Gasteiger charge is 2.24. The van der Waals surface area contributed by atoms with Crippen LogP contribution in [0, 0.1) is 0 Å². The van der Waals surface area contributed by atoms with Crippen molar-refractivity contribution in [1.82, 2.24) is 14.5 Å². The lowest BCUT2D eigenvalue weighted by atomic mass is 9.97. The molecule has 0 N–H and O–H groups in total. The summed E-state index contributed by atoms with van der Waals surface area (Å²) in [6, 6.07) is 58.6. The molecule has 0 saturated carbocycles. The number of hydrogen-bond acceptors (Lipinski definition) is 3. The van der Waals surface area contributed by atoms with E-state index in [1.165, 1.54) is 63.6 Å². The zero-order valence-corrected chi connectivity index (χ0v) is 27.7. The van der Waals surface area contributed by atoms with Gasteiger partial charge >= 0.3 is 0 Å². The molecule has 0 unspecified atom stereocenters. The molecule has 4 heteroatoms. The van der Waals surface area contributed by atoms with E-state index in [1.54, 1.807) is 0 Å². The Kier molecular flexibility index (Phi) is 5.83. The van der Waals surface area contributed by atoms with Crippen molar-refractivity contribution in [3.8, 4) is 28.3 Å². The number of para-hydroxylation sites is 2. The molecule has 0 fully saturated rings. The van der Waals surface area contributed by atoms with Gasteiger partial charge in [0.15, 0.2) is 0 Å². The number of fused-ring (bicyclic) bond motifs is 13. The van der Waals surface area contributed by atoms with Gasteiger partial charge in [0.05, 0.1) is 22.2 Å². The average molecular weight is 654 g/mol. The van der Waals surface area contributed by atoms with Crippen LogP contribution in [0.5, 0.6) is 0 Å². The third-order valence-corrected chi connectivity index (χ3v) is 11.4. The Bertz CT molecular complexity index is 3140. The zero-order chi connectivity index (χ0) is 32.8. The van der Waals surface area contributed by atoms with Crippen molar-refractivity contribution < 1.29 is 0 Å². The minimum absolute atomic E-state index is 0.674. The molecular formula is C46H27N3S. The van der Waals surface area contributed by atoms with E-state index in [1.807, 2.05) is 11.3 Å². The molecule has 0 saturated heterocycles. The predicted molar refractivity (Wildman–Crippen MR) is 213 cm³/mol. The van der Waals surface area contributed by atoms with Gasteiger partial charge in [-0.1, -0.05) is 146 Å². The van der Waals surface area contributed by atoms with Crippen LogP contribution < -0.4 is 0 Å². The second-order valence-electron chi connectivity index (χ2n) is 12.9. The first-order chi connectivity index (χ1) is 24.8. The van der Waals surface area contributed by atoms with Crippen molar-refractivity contribution in [3.63, 3.8) is 0 Å². The molecule has 0 amide bonds. The first-order valence-corrected chi connectivity index (χ1v) is 17.7. The molecule has 11 rings (SSSR count). The van der Waals surface area contributed by atoms with Crippen LogP contribution in [-0.4, -0.2) is 14.5 Å². The number of thiophene rings is 1. The molecule has 3 nitrogen and oxygen atoms in total. The van der Waals surface area contributed by atoms with E-state index < -0.39 is 0 Å². The summed E-state index contributed by atoms with van der Waals surface area (Å²) in [5, 5.41) is 11.2. The minimum Gasteiger partial charge on any atom is -0.277 e. The quantitative estimate of drug-likeness (QED) is 0.190. The van der Waals surface area contributed by atoms with Gasteiger partial charge < -0.3 is 0 Å². The van der Waals surface area contributed by atoms with Crippen molar-refractivity contribution in [3.05, 3.63) is 164 Å². The second kappa shape index (κ2) is 10.6. The topological polar surface area (TPSA) is 30.7 Å². The standard InChI is InChI=1S/C46H27N3S/c1-2-12-28(13-3-1)29-22-24-31(25-23-29)43-35-18-8-10-20-37(35)47-46(48-43)49-38-21-11-9-19-36(38)42-44(49)34-17-7-6-16-33(34)41-40-32-15-5-4-14-30(32)26-27-39(40)50-45(41)42/h1-27H. The van der Waals surface area contributed by atoms with Gasteiger partial charge in [-0.25, -0.2) is 9.97 Å². The Morgan fingerprint density at radius 1 is 0.420 bits per heavy atom. The molecule has 0 atom stereocenters. The maximum atomic E-state index is 5.44. The summed E-state index contributed by atoms with van der Waals surface area (Å²) in [4.78, 5) is 10.7. The molecular weight excluding hydrogens is 627 g/mol. The fraction of sp³-hybridized carbons (Fsp3) is 0. The predicted octanol–water partition coefficient (Wildman–Crippen LogP) is 12.7. The summed E-state index contributed by atoms with van der Waals surface area (Å²) in [7, 11) is 0. The summed E-state index contributed by atoms with van der Waals surface area (Å²) >= 11 is 1.89. The number of benzene rings is 8. The fourth-order valence-electron chi connectivity index (χ4n) is 7.98. The Morgan fingerprint density at radius 2 is 1.06 bits per heavy atom. The van der Waals surface area contributed by atoms with Gasteiger partial charge in [-0.15, -0.1) is 11.3 Å². The number of hydrogen-bond donors (Lipinski definition) is 0. The van der Waals surface area contributed by atoms with E-state index in [0.717, 1.165) is 33.2 Å². The van der Waals surface area contributed by atoms with Crippen molar-refractivity contribution in [1.29, 1.82) is 0 Å². The third-order valence-electron chi connectivity index (χ3n) is 10.2. The molecule has 0 radical (unpaired) electrons. The van der Waals surface area contributed by atoms with E-state index in [2.05, 4.69) is 168 Å². The molecule has 0 spiro atoms. The Morgan fingerprint density at radius 3 is 1.90 bits per heavy atom. The van der Waals surface area contributed by atoms with Crippen molar-refractivity contribution in [2.75, 3.05) is 0 Å². The fourth-order valence-corrected chi connectivity index (χ4v) is 9.27. The summed E-state index contributed by atoms with van der Waals surface area (Å²) in [6.45, 7) is 0. The van der Waals surface area contributed by atoms with Crippen LogP contribution in [0.25, 0.3) is 103 Å². The van der Waals surface area contributed by atoms with Crippen LogP contribution in [0.1, 0.15) is 0 Å². The molecule has 0 bridgehead atoms. The van der Waals surface area contributed by atoms with Crippen LogP contribution in [0.3, 0.4) is 0 Å². The van der Waals surface area contributed by atoms with E-state index in [-0.39, 0.29) is 0 Å². The van der Waals surface area contributed by atoms with Crippen molar-refractivity contribution in [2.24, 2.45) is 0 Å². The van der Waals surface area contributed by atoms with Gasteiger partial charge in [-0.05, 0) is 45.5 Å². The molecule has 50 heavy (non-hydrogen) atoms. The lowest BCUT2D eigenvalue weighted by Gasteiger charge is -2.13. The van der Waals surface area contributed by atoms with Crippen molar-refractivity contribution >= 4 is 85.8 Å². The summed E-state index contributed by atoms with van der Waals surface area (Å²) < 4.78 is 4.91. The van der Waals surface area contributed by atoms with Gasteiger partial charge in [-0.2, -0.15) is 0 Å². The third kappa shape index (κ3) is 3.91. The van der Waals surface area contributed by atoms with Crippen LogP contribution in [-0.2, 0) is 0 Å². The van der Waals surface area contributed by atoms with E-state index in [9.17, 15) is 0 Å². The Hall–Kier alpha value is -6.36. The molecule has 0 aliphatic rings. The highest BCUT2D eigenvalue weighted by atomic mass is 32.1. The first-order valence-electron chi connectivity index (χ1n) is 16.9. The van der Waals surface area contributed by atoms with E-state index in [4.69, 9.17) is 9.97 Å². The largest absolute Gasteiger partial charge is 0.277 e. The van der Waals surface area contributed by atoms with Crippen LogP contribution in [0.2, 0.25) is 0 Å². The second-order valence-corrected chi connectivity index (χ2v) is 14.0. The van der Waals surface area contributed by atoms with Crippen LogP contribution in [0.4, 0.5) is 0 Å². The maximum absolute atomic E-state index is 5.44.